The van der Waals surface area contributed by atoms with Crippen molar-refractivity contribution in [1.29, 1.82) is 0 Å². The number of carbonyl (C=O) groups excluding carboxylic acids is 1. The minimum atomic E-state index is -1.20. The van der Waals surface area contributed by atoms with Gasteiger partial charge in [-0.2, -0.15) is 0 Å². The summed E-state index contributed by atoms with van der Waals surface area (Å²) in [5.74, 6) is -1.20. The normalized spacial score (nSPS) is 21.5. The zero-order valence-corrected chi connectivity index (χ0v) is 6.89. The third kappa shape index (κ3) is 3.05. The van der Waals surface area contributed by atoms with Gasteiger partial charge in [-0.1, -0.05) is 0 Å². The highest BCUT2D eigenvalue weighted by Gasteiger charge is 2.30. The molecule has 0 unspecified atom stereocenters. The van der Waals surface area contributed by atoms with Crippen LogP contribution in [-0.4, -0.2) is 30.5 Å². The minimum Gasteiger partial charge on any atom is -0.435 e. The summed E-state index contributed by atoms with van der Waals surface area (Å²) < 4.78 is 4.51. The van der Waals surface area contributed by atoms with E-state index in [1.807, 2.05) is 0 Å². The van der Waals surface area contributed by atoms with E-state index in [0.717, 1.165) is 0 Å². The number of nitrogens with one attached hydrogen (secondary N) is 1. The number of piperidine rings is 1. The molecule has 1 fully saturated rings. The average molecular weight is 182 g/mol. The van der Waals surface area contributed by atoms with Gasteiger partial charge in [0, 0.05) is 25.9 Å². The summed E-state index contributed by atoms with van der Waals surface area (Å²) in [5, 5.41) is 12.4. The van der Waals surface area contributed by atoms with Crippen LogP contribution in [0.3, 0.4) is 0 Å². The third-order valence-electron chi connectivity index (χ3n) is 1.65. The number of hydrogen-bond donors (Lipinski definition) is 2. The van der Waals surface area contributed by atoms with Crippen LogP contribution in [0.25, 0.3) is 0 Å². The number of aliphatic hydroxyl groups is 1. The van der Waals surface area contributed by atoms with Crippen molar-refractivity contribution in [3.63, 3.8) is 0 Å². The van der Waals surface area contributed by atoms with Crippen LogP contribution < -0.4 is 5.32 Å². The predicted octanol–water partition coefficient (Wildman–Crippen LogP) is -0.347. The Kier molecular flexibility index (Phi) is 4.40. The van der Waals surface area contributed by atoms with E-state index in [-0.39, 0.29) is 12.4 Å². The Morgan fingerprint density at radius 3 is 2.45 bits per heavy atom. The molecule has 0 aromatic heterocycles. The van der Waals surface area contributed by atoms with E-state index < -0.39 is 5.79 Å². The molecule has 4 nitrogen and oxygen atoms in total. The summed E-state index contributed by atoms with van der Waals surface area (Å²) >= 11 is 0. The van der Waals surface area contributed by atoms with Gasteiger partial charge in [0.1, 0.15) is 0 Å². The molecule has 0 aromatic rings. The van der Waals surface area contributed by atoms with Gasteiger partial charge >= 0.3 is 0 Å². The Hall–Kier alpha value is -0.320. The standard InChI is InChI=1S/C6H11NO3.ClH/c8-5-10-6(9)1-3-7-4-2-6;/h5,7,9H,1-4H2;1H. The lowest BCUT2D eigenvalue weighted by Crippen LogP contribution is -2.43. The highest BCUT2D eigenvalue weighted by atomic mass is 35.5. The van der Waals surface area contributed by atoms with Crippen molar-refractivity contribution >= 4 is 18.9 Å². The zero-order chi connectivity index (χ0) is 7.45. The molecular weight excluding hydrogens is 170 g/mol. The molecule has 66 valence electrons. The van der Waals surface area contributed by atoms with Crippen LogP contribution in [0.1, 0.15) is 12.8 Å². The highest BCUT2D eigenvalue weighted by Crippen LogP contribution is 2.17. The van der Waals surface area contributed by atoms with Gasteiger partial charge in [-0.25, -0.2) is 0 Å². The first kappa shape index (κ1) is 10.7. The van der Waals surface area contributed by atoms with E-state index in [9.17, 15) is 9.90 Å². The maximum Gasteiger partial charge on any atom is 0.295 e. The van der Waals surface area contributed by atoms with Gasteiger partial charge in [0.15, 0.2) is 0 Å². The molecule has 1 heterocycles. The molecule has 0 spiro atoms. The SMILES string of the molecule is Cl.O=COC1(O)CCNCC1. The fraction of sp³-hybridized carbons (Fsp3) is 0.833. The van der Waals surface area contributed by atoms with Gasteiger partial charge in [0.05, 0.1) is 0 Å². The lowest BCUT2D eigenvalue weighted by atomic mass is 10.1. The second-order valence-electron chi connectivity index (χ2n) is 2.41. The maximum absolute atomic E-state index is 9.88. The Labute approximate surface area is 71.3 Å². The van der Waals surface area contributed by atoms with Crippen molar-refractivity contribution in [2.45, 2.75) is 18.6 Å². The van der Waals surface area contributed by atoms with Gasteiger partial charge in [-0.05, 0) is 0 Å². The van der Waals surface area contributed by atoms with E-state index >= 15 is 0 Å². The molecular formula is C6H12ClNO3. The van der Waals surface area contributed by atoms with E-state index in [1.165, 1.54) is 0 Å². The van der Waals surface area contributed by atoms with Crippen LogP contribution in [0, 0.1) is 0 Å². The first-order chi connectivity index (χ1) is 4.77. The molecule has 1 aliphatic rings. The van der Waals surface area contributed by atoms with Crippen molar-refractivity contribution < 1.29 is 14.6 Å². The monoisotopic (exact) mass is 181 g/mol. The first-order valence-corrected chi connectivity index (χ1v) is 3.31. The van der Waals surface area contributed by atoms with Crippen molar-refractivity contribution in [1.82, 2.24) is 5.32 Å². The van der Waals surface area contributed by atoms with E-state index in [2.05, 4.69) is 10.1 Å². The molecule has 0 aromatic carbocycles. The Morgan fingerprint density at radius 1 is 1.45 bits per heavy atom. The van der Waals surface area contributed by atoms with Crippen LogP contribution in [0.4, 0.5) is 0 Å². The van der Waals surface area contributed by atoms with Crippen molar-refractivity contribution in [3.8, 4) is 0 Å². The molecule has 0 atom stereocenters. The quantitative estimate of drug-likeness (QED) is 0.452. The first-order valence-electron chi connectivity index (χ1n) is 3.31. The van der Waals surface area contributed by atoms with Crippen LogP contribution in [-0.2, 0) is 9.53 Å². The second kappa shape index (κ2) is 4.54. The lowest BCUT2D eigenvalue weighted by Gasteiger charge is -2.29. The molecule has 0 radical (unpaired) electrons. The predicted molar refractivity (Wildman–Crippen MR) is 41.5 cm³/mol. The molecule has 5 heteroatoms. The van der Waals surface area contributed by atoms with Gasteiger partial charge in [0.25, 0.3) is 6.47 Å². The summed E-state index contributed by atoms with van der Waals surface area (Å²) in [6.45, 7) is 1.69. The average Bonchev–Trinajstić information content (AvgIpc) is 1.89. The largest absolute Gasteiger partial charge is 0.435 e. The summed E-state index contributed by atoms with van der Waals surface area (Å²) in [5.41, 5.74) is 0. The van der Waals surface area contributed by atoms with Crippen molar-refractivity contribution in [2.24, 2.45) is 0 Å². The van der Waals surface area contributed by atoms with Crippen molar-refractivity contribution in [3.05, 3.63) is 0 Å². The number of hydrogen-bond acceptors (Lipinski definition) is 4. The number of rotatable bonds is 2. The molecule has 0 aliphatic carbocycles. The summed E-state index contributed by atoms with van der Waals surface area (Å²) in [7, 11) is 0. The van der Waals surface area contributed by atoms with Crippen molar-refractivity contribution in [2.75, 3.05) is 13.1 Å². The second-order valence-corrected chi connectivity index (χ2v) is 2.41. The number of ether oxygens (including phenoxy) is 1. The number of halogens is 1. The third-order valence-corrected chi connectivity index (χ3v) is 1.65. The van der Waals surface area contributed by atoms with Gasteiger partial charge < -0.3 is 15.2 Å². The molecule has 0 bridgehead atoms. The van der Waals surface area contributed by atoms with Gasteiger partial charge in [0.2, 0.25) is 5.79 Å². The molecule has 1 rings (SSSR count). The van der Waals surface area contributed by atoms with Crippen LogP contribution in [0.2, 0.25) is 0 Å². The molecule has 11 heavy (non-hydrogen) atoms. The molecule has 2 N–H and O–H groups in total. The van der Waals surface area contributed by atoms with Gasteiger partial charge in [-0.3, -0.25) is 4.79 Å². The topological polar surface area (TPSA) is 58.6 Å². The summed E-state index contributed by atoms with van der Waals surface area (Å²) in [4.78, 5) is 9.88. The van der Waals surface area contributed by atoms with Gasteiger partial charge in [-0.15, -0.1) is 12.4 Å². The molecule has 0 amide bonds. The number of carbonyl (C=O) groups is 1. The van der Waals surface area contributed by atoms with Crippen LogP contribution in [0.15, 0.2) is 0 Å². The van der Waals surface area contributed by atoms with E-state index in [1.54, 1.807) is 0 Å². The Bertz CT molecular complexity index is 125. The minimum absolute atomic E-state index is 0. The Balaban J connectivity index is 0.000001000. The smallest absolute Gasteiger partial charge is 0.295 e. The van der Waals surface area contributed by atoms with Crippen LogP contribution in [0.5, 0.6) is 0 Å². The summed E-state index contributed by atoms with van der Waals surface area (Å²) in [6, 6.07) is 0. The zero-order valence-electron chi connectivity index (χ0n) is 6.08. The fourth-order valence-electron chi connectivity index (χ4n) is 1.02. The summed E-state index contributed by atoms with van der Waals surface area (Å²) in [6.07, 6.45) is 0.956. The lowest BCUT2D eigenvalue weighted by molar-refractivity contribution is -0.204. The maximum atomic E-state index is 9.88. The molecule has 1 aliphatic heterocycles. The van der Waals surface area contributed by atoms with Crippen LogP contribution >= 0.6 is 12.4 Å². The van der Waals surface area contributed by atoms with E-state index in [4.69, 9.17) is 0 Å². The fourth-order valence-corrected chi connectivity index (χ4v) is 1.02. The Morgan fingerprint density at radius 2 is 2.00 bits per heavy atom. The molecule has 1 saturated heterocycles. The van der Waals surface area contributed by atoms with E-state index in [0.29, 0.717) is 32.4 Å². The molecule has 0 saturated carbocycles. The highest BCUT2D eigenvalue weighted by molar-refractivity contribution is 5.85.